The average molecular weight is 338 g/mol. The molecule has 1 aliphatic rings. The third-order valence-electron chi connectivity index (χ3n) is 4.32. The van der Waals surface area contributed by atoms with E-state index in [1.807, 2.05) is 57.3 Å². The quantitative estimate of drug-likeness (QED) is 0.545. The van der Waals surface area contributed by atoms with E-state index in [9.17, 15) is 5.11 Å². The number of rotatable bonds is 6. The lowest BCUT2D eigenvalue weighted by Gasteiger charge is -2.28. The standard InChI is InChI=1S/C20H26N4O/c1-6-7-11-18(13(2)15(4)25)22-12-16-9-8-10-17-14(3)24(5)20(21)23-19(16)17/h6-11,13,22,25H,3-4,12H2,1-2,5H3,(H2,21,23)/b7-6-,18-11+. The van der Waals surface area contributed by atoms with Crippen LogP contribution in [0.4, 0.5) is 5.69 Å². The first-order chi connectivity index (χ1) is 11.9. The molecule has 0 aliphatic carbocycles. The Morgan fingerprint density at radius 3 is 2.84 bits per heavy atom. The zero-order valence-electron chi connectivity index (χ0n) is 15.1. The molecule has 1 heterocycles. The Bertz CT molecular complexity index is 774. The van der Waals surface area contributed by atoms with Crippen molar-refractivity contribution in [2.75, 3.05) is 7.05 Å². The van der Waals surface area contributed by atoms with Crippen LogP contribution in [0.2, 0.25) is 0 Å². The largest absolute Gasteiger partial charge is 0.512 e. The molecule has 5 heteroatoms. The van der Waals surface area contributed by atoms with E-state index in [0.29, 0.717) is 12.5 Å². The number of hydrogen-bond acceptors (Lipinski definition) is 5. The molecule has 1 aromatic carbocycles. The average Bonchev–Trinajstić information content (AvgIpc) is 2.59. The van der Waals surface area contributed by atoms with E-state index >= 15 is 0 Å². The van der Waals surface area contributed by atoms with E-state index in [0.717, 1.165) is 28.2 Å². The van der Waals surface area contributed by atoms with Crippen molar-refractivity contribution in [1.82, 2.24) is 10.2 Å². The molecule has 132 valence electrons. The minimum absolute atomic E-state index is 0.121. The van der Waals surface area contributed by atoms with Crippen LogP contribution >= 0.6 is 0 Å². The number of aliphatic hydroxyl groups is 1. The van der Waals surface area contributed by atoms with E-state index in [1.54, 1.807) is 4.90 Å². The van der Waals surface area contributed by atoms with Gasteiger partial charge in [0.15, 0.2) is 0 Å². The van der Waals surface area contributed by atoms with Gasteiger partial charge in [-0.15, -0.1) is 0 Å². The van der Waals surface area contributed by atoms with Crippen LogP contribution in [-0.4, -0.2) is 23.0 Å². The lowest BCUT2D eigenvalue weighted by molar-refractivity contribution is 0.356. The third-order valence-corrected chi connectivity index (χ3v) is 4.32. The summed E-state index contributed by atoms with van der Waals surface area (Å²) >= 11 is 0. The van der Waals surface area contributed by atoms with Gasteiger partial charge < -0.3 is 21.1 Å². The third kappa shape index (κ3) is 3.94. The monoisotopic (exact) mass is 338 g/mol. The summed E-state index contributed by atoms with van der Waals surface area (Å²) in [5.74, 6) is 0.354. The Morgan fingerprint density at radius 1 is 1.48 bits per heavy atom. The summed E-state index contributed by atoms with van der Waals surface area (Å²) in [4.78, 5) is 6.29. The molecule has 1 aromatic rings. The van der Waals surface area contributed by atoms with Crippen LogP contribution in [0, 0.1) is 5.92 Å². The number of aliphatic imine (C=N–C) groups is 1. The van der Waals surface area contributed by atoms with Crippen molar-refractivity contribution in [2.24, 2.45) is 16.6 Å². The number of fused-ring (bicyclic) bond motifs is 1. The summed E-state index contributed by atoms with van der Waals surface area (Å²) < 4.78 is 0. The second-order valence-corrected chi connectivity index (χ2v) is 6.00. The zero-order chi connectivity index (χ0) is 18.6. The van der Waals surface area contributed by atoms with Gasteiger partial charge in [0.05, 0.1) is 17.4 Å². The van der Waals surface area contributed by atoms with Crippen LogP contribution in [0.5, 0.6) is 0 Å². The normalized spacial score (nSPS) is 15.8. The second-order valence-electron chi connectivity index (χ2n) is 6.00. The summed E-state index contributed by atoms with van der Waals surface area (Å²) in [6.45, 7) is 12.1. The minimum Gasteiger partial charge on any atom is -0.512 e. The molecular weight excluding hydrogens is 312 g/mol. The molecule has 0 spiro atoms. The minimum atomic E-state index is -0.189. The first-order valence-corrected chi connectivity index (χ1v) is 8.20. The lowest BCUT2D eigenvalue weighted by Crippen LogP contribution is -2.34. The van der Waals surface area contributed by atoms with Gasteiger partial charge in [-0.2, -0.15) is 0 Å². The highest BCUT2D eigenvalue weighted by molar-refractivity contribution is 5.96. The van der Waals surface area contributed by atoms with Crippen LogP contribution in [-0.2, 0) is 6.54 Å². The Hall–Kier alpha value is -2.95. The number of para-hydroxylation sites is 1. The Kier molecular flexibility index (Phi) is 5.70. The number of allylic oxidation sites excluding steroid dienone is 3. The summed E-state index contributed by atoms with van der Waals surface area (Å²) in [5, 5.41) is 13.1. The molecule has 0 aromatic heterocycles. The number of aliphatic hydroxyl groups excluding tert-OH is 1. The summed E-state index contributed by atoms with van der Waals surface area (Å²) in [6, 6.07) is 5.98. The van der Waals surface area contributed by atoms with Crippen molar-refractivity contribution in [3.05, 3.63) is 72.2 Å². The summed E-state index contributed by atoms with van der Waals surface area (Å²) in [7, 11) is 1.85. The maximum Gasteiger partial charge on any atom is 0.200 e. The van der Waals surface area contributed by atoms with Gasteiger partial charge in [0.2, 0.25) is 5.96 Å². The fourth-order valence-corrected chi connectivity index (χ4v) is 2.54. The van der Waals surface area contributed by atoms with Gasteiger partial charge in [0, 0.05) is 30.5 Å². The van der Waals surface area contributed by atoms with Gasteiger partial charge in [-0.05, 0) is 25.5 Å². The molecule has 0 fully saturated rings. The molecule has 0 saturated carbocycles. The number of benzene rings is 1. The fraction of sp³-hybridized carbons (Fsp3) is 0.250. The molecule has 4 N–H and O–H groups in total. The van der Waals surface area contributed by atoms with Crippen molar-refractivity contribution in [1.29, 1.82) is 0 Å². The van der Waals surface area contributed by atoms with E-state index < -0.39 is 0 Å². The van der Waals surface area contributed by atoms with Crippen molar-refractivity contribution >= 4 is 17.3 Å². The number of guanidine groups is 1. The van der Waals surface area contributed by atoms with Gasteiger partial charge in [0.1, 0.15) is 0 Å². The highest BCUT2D eigenvalue weighted by atomic mass is 16.3. The van der Waals surface area contributed by atoms with Gasteiger partial charge >= 0.3 is 0 Å². The Labute approximate surface area is 149 Å². The molecule has 1 atom stereocenters. The summed E-state index contributed by atoms with van der Waals surface area (Å²) in [6.07, 6.45) is 5.80. The molecule has 0 bridgehead atoms. The predicted molar refractivity (Wildman–Crippen MR) is 105 cm³/mol. The van der Waals surface area contributed by atoms with Crippen molar-refractivity contribution < 1.29 is 5.11 Å². The molecule has 0 radical (unpaired) electrons. The van der Waals surface area contributed by atoms with Gasteiger partial charge in [0.25, 0.3) is 0 Å². The van der Waals surface area contributed by atoms with Crippen LogP contribution in [0.25, 0.3) is 5.70 Å². The number of nitrogens with zero attached hydrogens (tertiary/aromatic N) is 2. The topological polar surface area (TPSA) is 73.9 Å². The number of hydrogen-bond donors (Lipinski definition) is 3. The van der Waals surface area contributed by atoms with Crippen molar-refractivity contribution in [3.8, 4) is 0 Å². The second kappa shape index (κ2) is 7.75. The van der Waals surface area contributed by atoms with E-state index in [1.165, 1.54) is 0 Å². The molecule has 5 nitrogen and oxygen atoms in total. The van der Waals surface area contributed by atoms with Crippen molar-refractivity contribution in [2.45, 2.75) is 20.4 Å². The van der Waals surface area contributed by atoms with Crippen LogP contribution in [0.15, 0.2) is 66.0 Å². The van der Waals surface area contributed by atoms with Crippen LogP contribution < -0.4 is 11.1 Å². The molecule has 0 amide bonds. The van der Waals surface area contributed by atoms with E-state index in [4.69, 9.17) is 5.73 Å². The number of nitrogens with one attached hydrogen (secondary N) is 1. The summed E-state index contributed by atoms with van der Waals surface area (Å²) in [5.41, 5.74) is 10.5. The maximum absolute atomic E-state index is 9.72. The highest BCUT2D eigenvalue weighted by Crippen LogP contribution is 2.34. The van der Waals surface area contributed by atoms with Gasteiger partial charge in [-0.1, -0.05) is 43.5 Å². The van der Waals surface area contributed by atoms with Crippen molar-refractivity contribution in [3.63, 3.8) is 0 Å². The highest BCUT2D eigenvalue weighted by Gasteiger charge is 2.21. The predicted octanol–water partition coefficient (Wildman–Crippen LogP) is 3.81. The van der Waals surface area contributed by atoms with Gasteiger partial charge in [-0.3, -0.25) is 0 Å². The molecule has 2 rings (SSSR count). The molecule has 0 saturated heterocycles. The SMILES string of the molecule is C=C(O)C(C)/C(=C\C=C/C)NCc1cccc2c1N=C(N)N(C)C2=C. The Balaban J connectivity index is 2.30. The Morgan fingerprint density at radius 2 is 2.20 bits per heavy atom. The lowest BCUT2D eigenvalue weighted by atomic mass is 10.0. The van der Waals surface area contributed by atoms with Crippen LogP contribution in [0.1, 0.15) is 25.0 Å². The number of nitrogens with two attached hydrogens (primary N) is 1. The first-order valence-electron chi connectivity index (χ1n) is 8.20. The first kappa shape index (κ1) is 18.4. The molecular formula is C20H26N4O. The fourth-order valence-electron chi connectivity index (χ4n) is 2.54. The smallest absolute Gasteiger partial charge is 0.200 e. The molecule has 25 heavy (non-hydrogen) atoms. The molecule has 1 unspecified atom stereocenters. The zero-order valence-corrected chi connectivity index (χ0v) is 15.1. The van der Waals surface area contributed by atoms with Crippen LogP contribution in [0.3, 0.4) is 0 Å². The van der Waals surface area contributed by atoms with Gasteiger partial charge in [-0.25, -0.2) is 4.99 Å². The maximum atomic E-state index is 9.72. The van der Waals surface area contributed by atoms with E-state index in [2.05, 4.69) is 23.5 Å². The van der Waals surface area contributed by atoms with E-state index in [-0.39, 0.29) is 11.7 Å². The molecule has 1 aliphatic heterocycles.